The maximum absolute atomic E-state index is 13.2. The number of carbonyl (C=O) groups excluding carboxylic acids is 2. The van der Waals surface area contributed by atoms with E-state index in [1.54, 1.807) is 24.3 Å². The van der Waals surface area contributed by atoms with Crippen LogP contribution >= 0.6 is 11.6 Å². The number of nitrogens with one attached hydrogen (secondary N) is 2. The molecule has 4 aliphatic rings. The molecule has 5 rings (SSSR count). The van der Waals surface area contributed by atoms with E-state index in [2.05, 4.69) is 10.6 Å². The summed E-state index contributed by atoms with van der Waals surface area (Å²) in [6, 6.07) is 6.09. The fraction of sp³-hybridized carbons (Fsp3) is 0.529. The van der Waals surface area contributed by atoms with Gasteiger partial charge in [-0.2, -0.15) is 13.2 Å². The van der Waals surface area contributed by atoms with Crippen molar-refractivity contribution in [2.45, 2.75) is 37.6 Å². The molecule has 1 aromatic carbocycles. The first-order valence-electron chi connectivity index (χ1n) is 8.21. The van der Waals surface area contributed by atoms with Crippen molar-refractivity contribution >= 4 is 23.6 Å². The van der Waals surface area contributed by atoms with Crippen molar-refractivity contribution in [1.82, 2.24) is 10.6 Å². The highest BCUT2D eigenvalue weighted by molar-refractivity contribution is 6.30. The molecule has 4 fully saturated rings. The molecule has 2 atom stereocenters. The van der Waals surface area contributed by atoms with Crippen LogP contribution in [0.3, 0.4) is 0 Å². The number of benzene rings is 1. The predicted octanol–water partition coefficient (Wildman–Crippen LogP) is 3.34. The van der Waals surface area contributed by atoms with Crippen LogP contribution in [0.25, 0.3) is 0 Å². The van der Waals surface area contributed by atoms with Crippen LogP contribution in [0, 0.1) is 10.8 Å². The Morgan fingerprint density at radius 2 is 1.88 bits per heavy atom. The lowest BCUT2D eigenvalue weighted by molar-refractivity contribution is -0.370. The molecular formula is C17H16ClF3N2O3. The minimum absolute atomic E-state index is 0.0141. The monoisotopic (exact) mass is 388 g/mol. The molecule has 1 aromatic rings. The van der Waals surface area contributed by atoms with Crippen molar-refractivity contribution < 1.29 is 27.5 Å². The zero-order valence-corrected chi connectivity index (χ0v) is 14.3. The fourth-order valence-corrected chi connectivity index (χ4v) is 4.61. The van der Waals surface area contributed by atoms with E-state index in [4.69, 9.17) is 16.3 Å². The van der Waals surface area contributed by atoms with E-state index in [-0.39, 0.29) is 25.8 Å². The summed E-state index contributed by atoms with van der Waals surface area (Å²) in [5.41, 5.74) is -1.56. The zero-order chi connectivity index (χ0) is 18.7. The second-order valence-corrected chi connectivity index (χ2v) is 7.88. The summed E-state index contributed by atoms with van der Waals surface area (Å²) in [4.78, 5) is 23.6. The van der Waals surface area contributed by atoms with Gasteiger partial charge in [0.05, 0.1) is 18.0 Å². The van der Waals surface area contributed by atoms with Gasteiger partial charge in [0.1, 0.15) is 0 Å². The molecule has 140 valence electrons. The summed E-state index contributed by atoms with van der Waals surface area (Å²) in [6.45, 7) is 0.0392. The van der Waals surface area contributed by atoms with Gasteiger partial charge in [-0.05, 0) is 42.4 Å². The maximum atomic E-state index is 13.2. The van der Waals surface area contributed by atoms with Gasteiger partial charge in [-0.3, -0.25) is 4.79 Å². The SMILES string of the molecule is O=C1NC[C@@H](C(=O)N[C@H](c2ccc(Cl)cc2)C23CC(C(F)(F)F)(C2)C3)O1. The Morgan fingerprint density at radius 1 is 1.27 bits per heavy atom. The highest BCUT2D eigenvalue weighted by Crippen LogP contribution is 2.81. The number of hydrogen-bond acceptors (Lipinski definition) is 3. The Kier molecular flexibility index (Phi) is 3.70. The van der Waals surface area contributed by atoms with E-state index >= 15 is 0 Å². The average molecular weight is 389 g/mol. The van der Waals surface area contributed by atoms with Crippen LogP contribution in [0.2, 0.25) is 5.02 Å². The molecule has 2 amide bonds. The molecule has 1 aliphatic heterocycles. The third-order valence-corrected chi connectivity index (χ3v) is 6.00. The molecule has 2 bridgehead atoms. The Bertz CT molecular complexity index is 746. The van der Waals surface area contributed by atoms with Crippen LogP contribution in [0.15, 0.2) is 24.3 Å². The van der Waals surface area contributed by atoms with Gasteiger partial charge < -0.3 is 15.4 Å². The second kappa shape index (κ2) is 5.52. The summed E-state index contributed by atoms with van der Waals surface area (Å²) in [5, 5.41) is 5.68. The molecule has 1 saturated heterocycles. The van der Waals surface area contributed by atoms with Crippen molar-refractivity contribution in [2.75, 3.05) is 6.54 Å². The lowest BCUT2D eigenvalue weighted by Crippen LogP contribution is -2.71. The number of amides is 2. The zero-order valence-electron chi connectivity index (χ0n) is 13.5. The summed E-state index contributed by atoms with van der Waals surface area (Å²) in [7, 11) is 0. The molecule has 9 heteroatoms. The van der Waals surface area contributed by atoms with Gasteiger partial charge in [0.15, 0.2) is 6.10 Å². The first-order valence-corrected chi connectivity index (χ1v) is 8.59. The van der Waals surface area contributed by atoms with Crippen LogP contribution in [0.5, 0.6) is 0 Å². The molecule has 0 unspecified atom stereocenters. The van der Waals surface area contributed by atoms with Crippen molar-refractivity contribution in [2.24, 2.45) is 10.8 Å². The number of hydrogen-bond donors (Lipinski definition) is 2. The molecule has 5 nitrogen and oxygen atoms in total. The standard InChI is InChI=1S/C17H16ClF3N2O3/c18-10-3-1-9(2-4-10)12(23-13(24)11-5-22-14(25)26-11)15-6-16(7-15,8-15)17(19,20)21/h1-4,11-12H,5-8H2,(H,22,25)(H,23,24)/t11-,12+,15?,16?/m0/s1. The Hall–Kier alpha value is -1.96. The van der Waals surface area contributed by atoms with E-state index < -0.39 is 41.2 Å². The molecule has 0 radical (unpaired) electrons. The topological polar surface area (TPSA) is 67.4 Å². The quantitative estimate of drug-likeness (QED) is 0.831. The number of ether oxygens (including phenoxy) is 1. The smallest absolute Gasteiger partial charge is 0.408 e. The van der Waals surface area contributed by atoms with Gasteiger partial charge in [-0.1, -0.05) is 23.7 Å². The Labute approximate surface area is 152 Å². The average Bonchev–Trinajstić information content (AvgIpc) is 2.89. The molecule has 2 N–H and O–H groups in total. The lowest BCUT2D eigenvalue weighted by atomic mass is 9.32. The number of rotatable bonds is 4. The predicted molar refractivity (Wildman–Crippen MR) is 85.4 cm³/mol. The minimum Gasteiger partial charge on any atom is -0.434 e. The number of carbonyl (C=O) groups is 2. The molecular weight excluding hydrogens is 373 g/mol. The van der Waals surface area contributed by atoms with E-state index in [0.29, 0.717) is 10.6 Å². The molecule has 0 aromatic heterocycles. The van der Waals surface area contributed by atoms with Crippen molar-refractivity contribution in [3.05, 3.63) is 34.9 Å². The third-order valence-electron chi connectivity index (χ3n) is 5.75. The molecule has 3 aliphatic carbocycles. The van der Waals surface area contributed by atoms with Crippen LogP contribution in [-0.2, 0) is 9.53 Å². The van der Waals surface area contributed by atoms with E-state index in [9.17, 15) is 22.8 Å². The van der Waals surface area contributed by atoms with Crippen LogP contribution in [0.4, 0.5) is 18.0 Å². The van der Waals surface area contributed by atoms with E-state index in [0.717, 1.165) is 0 Å². The van der Waals surface area contributed by atoms with Crippen molar-refractivity contribution in [3.8, 4) is 0 Å². The number of alkyl carbamates (subject to hydrolysis) is 1. The van der Waals surface area contributed by atoms with Gasteiger partial charge >= 0.3 is 12.3 Å². The minimum atomic E-state index is -4.23. The molecule has 26 heavy (non-hydrogen) atoms. The van der Waals surface area contributed by atoms with Gasteiger partial charge in [0.25, 0.3) is 5.91 Å². The normalized spacial score (nSPS) is 33.4. The number of halogens is 4. The number of cyclic esters (lactones) is 1. The molecule has 1 heterocycles. The summed E-state index contributed by atoms with van der Waals surface area (Å²) in [6.07, 6.45) is -5.94. The molecule has 0 spiro atoms. The third kappa shape index (κ3) is 2.53. The van der Waals surface area contributed by atoms with E-state index in [1.165, 1.54) is 0 Å². The Morgan fingerprint density at radius 3 is 2.38 bits per heavy atom. The first-order chi connectivity index (χ1) is 12.1. The van der Waals surface area contributed by atoms with Gasteiger partial charge in [-0.25, -0.2) is 4.79 Å². The largest absolute Gasteiger partial charge is 0.434 e. The fourth-order valence-electron chi connectivity index (χ4n) is 4.49. The van der Waals surface area contributed by atoms with E-state index in [1.807, 2.05) is 0 Å². The first kappa shape index (κ1) is 17.5. The van der Waals surface area contributed by atoms with Crippen LogP contribution in [-0.4, -0.2) is 30.8 Å². The number of alkyl halides is 3. The summed E-state index contributed by atoms with van der Waals surface area (Å²) in [5.74, 6) is -0.519. The molecule has 3 saturated carbocycles. The van der Waals surface area contributed by atoms with Gasteiger partial charge in [0.2, 0.25) is 0 Å². The second-order valence-electron chi connectivity index (χ2n) is 7.44. The summed E-state index contributed by atoms with van der Waals surface area (Å²) >= 11 is 5.89. The summed E-state index contributed by atoms with van der Waals surface area (Å²) < 4.78 is 44.4. The van der Waals surface area contributed by atoms with Gasteiger partial charge in [-0.15, -0.1) is 0 Å². The van der Waals surface area contributed by atoms with Gasteiger partial charge in [0, 0.05) is 5.02 Å². The van der Waals surface area contributed by atoms with Crippen LogP contribution in [0.1, 0.15) is 30.9 Å². The van der Waals surface area contributed by atoms with Crippen LogP contribution < -0.4 is 10.6 Å². The maximum Gasteiger partial charge on any atom is 0.408 e. The highest BCUT2D eigenvalue weighted by Gasteiger charge is 2.80. The van der Waals surface area contributed by atoms with Crippen molar-refractivity contribution in [3.63, 3.8) is 0 Å². The lowest BCUT2D eigenvalue weighted by Gasteiger charge is -2.73. The van der Waals surface area contributed by atoms with Crippen molar-refractivity contribution in [1.29, 1.82) is 0 Å². The Balaban J connectivity index is 1.55. The highest BCUT2D eigenvalue weighted by atomic mass is 35.5.